The van der Waals surface area contributed by atoms with E-state index >= 15 is 0 Å². The van der Waals surface area contributed by atoms with Gasteiger partial charge in [-0.3, -0.25) is 14.4 Å². The molecular weight excluding hydrogens is 424 g/mol. The van der Waals surface area contributed by atoms with E-state index in [9.17, 15) is 24.3 Å². The monoisotopic (exact) mass is 462 g/mol. The third-order valence-electron chi connectivity index (χ3n) is 4.55. The number of rotatable bonds is 18. The minimum absolute atomic E-state index is 0.251. The Balaban J connectivity index is 4.69. The summed E-state index contributed by atoms with van der Waals surface area (Å²) in [6, 6.07) is -2.63. The summed E-state index contributed by atoms with van der Waals surface area (Å²) in [4.78, 5) is 48.1. The number of nitrogens with one attached hydrogen (secondary N) is 3. The number of unbranched alkanes of at least 4 members (excludes halogenated alkanes) is 2. The molecule has 3 amide bonds. The number of hydrogen-bond donors (Lipinski definition) is 7. The van der Waals surface area contributed by atoms with Crippen LogP contribution in [0.25, 0.3) is 0 Å². The van der Waals surface area contributed by atoms with Gasteiger partial charge in [-0.2, -0.15) is 11.8 Å². The Labute approximate surface area is 188 Å². The lowest BCUT2D eigenvalue weighted by Gasteiger charge is -2.21. The van der Waals surface area contributed by atoms with Crippen LogP contribution in [-0.4, -0.2) is 78.6 Å². The van der Waals surface area contributed by atoms with Crippen LogP contribution in [0.15, 0.2) is 0 Å². The van der Waals surface area contributed by atoms with Crippen LogP contribution >= 0.6 is 11.8 Å². The predicted molar refractivity (Wildman–Crippen MR) is 121 cm³/mol. The van der Waals surface area contributed by atoms with Crippen molar-refractivity contribution in [2.24, 2.45) is 17.2 Å². The van der Waals surface area contributed by atoms with Crippen LogP contribution in [0.2, 0.25) is 0 Å². The van der Waals surface area contributed by atoms with Crippen molar-refractivity contribution < 1.29 is 24.3 Å². The summed E-state index contributed by atoms with van der Waals surface area (Å²) >= 11 is 1.52. The molecule has 3 atom stereocenters. The standard InChI is InChI=1S/C19H38N6O5S/c1-31-11-8-14(25-17(27)13(22)6-2-4-9-20)18(28)23-12-16(26)24-15(19(29)30)7-3-5-10-21/h13-15H,2-12,20-22H2,1H3,(H,23,28)(H,24,26)(H,25,27)(H,29,30). The number of carbonyl (C=O) groups is 4. The molecule has 0 saturated carbocycles. The normalized spacial score (nSPS) is 13.7. The molecule has 0 saturated heterocycles. The van der Waals surface area contributed by atoms with Gasteiger partial charge in [0.05, 0.1) is 12.6 Å². The Kier molecular flexibility index (Phi) is 16.7. The van der Waals surface area contributed by atoms with Crippen LogP contribution in [0.3, 0.4) is 0 Å². The Bertz CT molecular complexity index is 566. The average molecular weight is 463 g/mol. The summed E-state index contributed by atoms with van der Waals surface area (Å²) in [5.41, 5.74) is 16.7. The molecule has 0 aromatic heterocycles. The smallest absolute Gasteiger partial charge is 0.326 e. The van der Waals surface area contributed by atoms with E-state index in [0.29, 0.717) is 50.9 Å². The number of aliphatic carboxylic acids is 1. The van der Waals surface area contributed by atoms with Gasteiger partial charge >= 0.3 is 5.97 Å². The summed E-state index contributed by atoms with van der Waals surface area (Å²) in [7, 11) is 0. The number of amides is 3. The van der Waals surface area contributed by atoms with E-state index in [-0.39, 0.29) is 6.42 Å². The molecule has 0 fully saturated rings. The highest BCUT2D eigenvalue weighted by Crippen LogP contribution is 2.04. The Morgan fingerprint density at radius 3 is 2.03 bits per heavy atom. The number of carboxylic acids is 1. The average Bonchev–Trinajstić information content (AvgIpc) is 2.74. The SMILES string of the molecule is CSCCC(NC(=O)C(N)CCCCN)C(=O)NCC(=O)NC(CCCCN)C(=O)O. The fourth-order valence-electron chi connectivity index (χ4n) is 2.71. The van der Waals surface area contributed by atoms with Crippen LogP contribution in [-0.2, 0) is 19.2 Å². The van der Waals surface area contributed by atoms with E-state index in [0.717, 1.165) is 6.42 Å². The van der Waals surface area contributed by atoms with Crippen LogP contribution in [0.1, 0.15) is 44.9 Å². The van der Waals surface area contributed by atoms with Gasteiger partial charge in [0.1, 0.15) is 12.1 Å². The second-order valence-electron chi connectivity index (χ2n) is 7.19. The predicted octanol–water partition coefficient (Wildman–Crippen LogP) is -1.50. The van der Waals surface area contributed by atoms with E-state index in [2.05, 4.69) is 16.0 Å². The van der Waals surface area contributed by atoms with Crippen LogP contribution in [0, 0.1) is 0 Å². The molecule has 0 aliphatic rings. The van der Waals surface area contributed by atoms with Crippen LogP contribution in [0.5, 0.6) is 0 Å². The lowest BCUT2D eigenvalue weighted by molar-refractivity contribution is -0.142. The van der Waals surface area contributed by atoms with E-state index < -0.39 is 48.4 Å². The van der Waals surface area contributed by atoms with E-state index in [1.807, 2.05) is 6.26 Å². The molecule has 11 nitrogen and oxygen atoms in total. The fourth-order valence-corrected chi connectivity index (χ4v) is 3.18. The van der Waals surface area contributed by atoms with E-state index in [4.69, 9.17) is 17.2 Å². The van der Waals surface area contributed by atoms with Crippen molar-refractivity contribution in [2.45, 2.75) is 63.1 Å². The lowest BCUT2D eigenvalue weighted by Crippen LogP contribution is -2.53. The first kappa shape index (κ1) is 29.1. The second-order valence-corrected chi connectivity index (χ2v) is 8.18. The largest absolute Gasteiger partial charge is 0.480 e. The summed E-state index contributed by atoms with van der Waals surface area (Å²) in [5.74, 6) is -2.11. The molecule has 3 unspecified atom stereocenters. The highest BCUT2D eigenvalue weighted by atomic mass is 32.2. The number of hydrogen-bond acceptors (Lipinski definition) is 8. The minimum Gasteiger partial charge on any atom is -0.480 e. The maximum Gasteiger partial charge on any atom is 0.326 e. The first-order valence-electron chi connectivity index (χ1n) is 10.5. The van der Waals surface area contributed by atoms with Crippen LogP contribution < -0.4 is 33.2 Å². The van der Waals surface area contributed by atoms with Crippen molar-refractivity contribution >= 4 is 35.5 Å². The van der Waals surface area contributed by atoms with Crippen molar-refractivity contribution in [1.82, 2.24) is 16.0 Å². The Morgan fingerprint density at radius 2 is 1.48 bits per heavy atom. The topological polar surface area (TPSA) is 203 Å². The molecule has 0 rings (SSSR count). The molecule has 0 aliphatic heterocycles. The van der Waals surface area contributed by atoms with Crippen molar-refractivity contribution in [3.8, 4) is 0 Å². The number of thioether (sulfide) groups is 1. The highest BCUT2D eigenvalue weighted by Gasteiger charge is 2.24. The number of nitrogens with two attached hydrogens (primary N) is 3. The molecule has 0 radical (unpaired) electrons. The van der Waals surface area contributed by atoms with Gasteiger partial charge in [0, 0.05) is 0 Å². The quantitative estimate of drug-likeness (QED) is 0.118. The van der Waals surface area contributed by atoms with Gasteiger partial charge in [0.15, 0.2) is 0 Å². The Hall–Kier alpha value is -1.89. The second kappa shape index (κ2) is 17.8. The Morgan fingerprint density at radius 1 is 0.871 bits per heavy atom. The summed E-state index contributed by atoms with van der Waals surface area (Å²) in [6.45, 7) is 0.564. The lowest BCUT2D eigenvalue weighted by atomic mass is 10.1. The van der Waals surface area contributed by atoms with Crippen molar-refractivity contribution in [3.05, 3.63) is 0 Å². The number of carboxylic acid groups (broad SMARTS) is 1. The van der Waals surface area contributed by atoms with Gasteiger partial charge in [-0.15, -0.1) is 0 Å². The molecule has 0 heterocycles. The summed E-state index contributed by atoms with van der Waals surface area (Å²) in [5, 5.41) is 16.7. The molecule has 0 aromatic carbocycles. The zero-order valence-corrected chi connectivity index (χ0v) is 19.0. The molecule has 0 aromatic rings. The third kappa shape index (κ3) is 13.9. The van der Waals surface area contributed by atoms with Gasteiger partial charge in [-0.1, -0.05) is 6.42 Å². The van der Waals surface area contributed by atoms with E-state index in [1.54, 1.807) is 0 Å². The first-order chi connectivity index (χ1) is 14.8. The van der Waals surface area contributed by atoms with Gasteiger partial charge in [-0.05, 0) is 63.6 Å². The van der Waals surface area contributed by atoms with E-state index in [1.165, 1.54) is 11.8 Å². The highest BCUT2D eigenvalue weighted by molar-refractivity contribution is 7.98. The summed E-state index contributed by atoms with van der Waals surface area (Å²) in [6.07, 6.45) is 5.64. The van der Waals surface area contributed by atoms with Gasteiger partial charge < -0.3 is 38.3 Å². The molecule has 180 valence electrons. The maximum absolute atomic E-state index is 12.5. The zero-order valence-electron chi connectivity index (χ0n) is 18.2. The molecule has 31 heavy (non-hydrogen) atoms. The third-order valence-corrected chi connectivity index (χ3v) is 5.20. The molecular formula is C19H38N6O5S. The zero-order chi connectivity index (χ0) is 23.6. The fraction of sp³-hybridized carbons (Fsp3) is 0.789. The minimum atomic E-state index is -1.15. The molecule has 10 N–H and O–H groups in total. The summed E-state index contributed by atoms with van der Waals surface area (Å²) < 4.78 is 0. The number of carbonyl (C=O) groups excluding carboxylic acids is 3. The van der Waals surface area contributed by atoms with Gasteiger partial charge in [0.25, 0.3) is 0 Å². The van der Waals surface area contributed by atoms with Crippen LogP contribution in [0.4, 0.5) is 0 Å². The van der Waals surface area contributed by atoms with Gasteiger partial charge in [0.2, 0.25) is 17.7 Å². The molecule has 0 bridgehead atoms. The molecule has 0 spiro atoms. The van der Waals surface area contributed by atoms with Crippen molar-refractivity contribution in [1.29, 1.82) is 0 Å². The van der Waals surface area contributed by atoms with Crippen molar-refractivity contribution in [3.63, 3.8) is 0 Å². The maximum atomic E-state index is 12.5. The first-order valence-corrected chi connectivity index (χ1v) is 11.9. The molecule has 12 heteroatoms. The molecule has 0 aliphatic carbocycles. The van der Waals surface area contributed by atoms with Crippen molar-refractivity contribution in [2.75, 3.05) is 31.6 Å². The van der Waals surface area contributed by atoms with Gasteiger partial charge in [-0.25, -0.2) is 4.79 Å².